The fraction of sp³-hybridized carbons (Fsp3) is 0.500. The normalized spacial score (nSPS) is 10.5. The molecule has 142 valence electrons. The summed E-state index contributed by atoms with van der Waals surface area (Å²) >= 11 is 6.73. The van der Waals surface area contributed by atoms with Gasteiger partial charge in [-0.25, -0.2) is 0 Å². The summed E-state index contributed by atoms with van der Waals surface area (Å²) in [6.07, 6.45) is 0. The second kappa shape index (κ2) is 11.1. The Kier molecular flexibility index (Phi) is 9.54. The summed E-state index contributed by atoms with van der Waals surface area (Å²) in [7, 11) is 3.74. The molecule has 0 atom stereocenters. The molecule has 0 heterocycles. The third kappa shape index (κ3) is 6.23. The number of hydrogen-bond acceptors (Lipinski definition) is 6. The maximum absolute atomic E-state index is 12.5. The van der Waals surface area contributed by atoms with Gasteiger partial charge in [0.05, 0.1) is 16.2 Å². The number of carbonyl (C=O) groups excluding carboxylic acids is 1. The third-order valence-electron chi connectivity index (χ3n) is 3.57. The minimum absolute atomic E-state index is 0.0445. The van der Waals surface area contributed by atoms with Crippen LogP contribution in [-0.4, -0.2) is 66.7 Å². The lowest BCUT2D eigenvalue weighted by molar-refractivity contribution is -0.385. The molecule has 0 aromatic heterocycles. The van der Waals surface area contributed by atoms with E-state index in [1.54, 1.807) is 0 Å². The first-order valence-electron chi connectivity index (χ1n) is 7.88. The molecule has 0 spiro atoms. The lowest BCUT2D eigenvalue weighted by Crippen LogP contribution is -2.32. The Morgan fingerprint density at radius 3 is 2.35 bits per heavy atom. The van der Waals surface area contributed by atoms with E-state index in [2.05, 4.69) is 37.2 Å². The van der Waals surface area contributed by atoms with Crippen molar-refractivity contribution in [1.29, 1.82) is 5.26 Å². The van der Waals surface area contributed by atoms with E-state index in [4.69, 9.17) is 0 Å². The largest absolute Gasteiger partial charge is 0.369 e. The van der Waals surface area contributed by atoms with Crippen molar-refractivity contribution in [3.8, 4) is 6.07 Å². The number of anilines is 1. The van der Waals surface area contributed by atoms with E-state index in [0.29, 0.717) is 42.5 Å². The lowest BCUT2D eigenvalue weighted by Gasteiger charge is -2.24. The van der Waals surface area contributed by atoms with Crippen LogP contribution in [0, 0.1) is 21.4 Å². The van der Waals surface area contributed by atoms with Crippen LogP contribution in [0.5, 0.6) is 0 Å². The van der Waals surface area contributed by atoms with Gasteiger partial charge < -0.3 is 15.1 Å². The number of amides is 1. The number of nitrogens with zero attached hydrogens (tertiary/aromatic N) is 4. The number of alkyl halides is 2. The molecule has 26 heavy (non-hydrogen) atoms. The Balaban J connectivity index is 3.33. The molecule has 1 aromatic carbocycles. The second-order valence-electron chi connectivity index (χ2n) is 5.68. The minimum Gasteiger partial charge on any atom is -0.369 e. The summed E-state index contributed by atoms with van der Waals surface area (Å²) in [4.78, 5) is 27.0. The van der Waals surface area contributed by atoms with Crippen LogP contribution in [0.15, 0.2) is 12.1 Å². The van der Waals surface area contributed by atoms with Gasteiger partial charge in [-0.3, -0.25) is 14.9 Å². The summed E-state index contributed by atoms with van der Waals surface area (Å²) in [5.74, 6) is -0.526. The van der Waals surface area contributed by atoms with Crippen LogP contribution >= 0.6 is 31.9 Å². The van der Waals surface area contributed by atoms with E-state index in [9.17, 15) is 20.2 Å². The fourth-order valence-electron chi connectivity index (χ4n) is 2.31. The zero-order chi connectivity index (χ0) is 19.7. The molecular formula is C16H21Br2N5O3. The summed E-state index contributed by atoms with van der Waals surface area (Å²) in [6.45, 7) is 2.17. The van der Waals surface area contributed by atoms with Gasteiger partial charge in [0, 0.05) is 42.9 Å². The highest BCUT2D eigenvalue weighted by Crippen LogP contribution is 2.29. The molecule has 0 aliphatic rings. The van der Waals surface area contributed by atoms with Crippen molar-refractivity contribution < 1.29 is 9.72 Å². The second-order valence-corrected chi connectivity index (χ2v) is 7.27. The standard InChI is InChI=1S/C16H21Br2N5O3/c1-21(2)8-5-20-16(24)13-10-14(22(6-3-17)7-4-18)12(11-19)9-15(13)23(25)26/h9-10H,3-8H2,1-2H3,(H,20,24). The van der Waals surface area contributed by atoms with E-state index in [-0.39, 0.29) is 16.8 Å². The highest BCUT2D eigenvalue weighted by molar-refractivity contribution is 9.09. The van der Waals surface area contributed by atoms with Gasteiger partial charge in [0.15, 0.2) is 0 Å². The number of nitro groups is 1. The van der Waals surface area contributed by atoms with E-state index in [0.717, 1.165) is 0 Å². The molecule has 0 saturated heterocycles. The van der Waals surface area contributed by atoms with Crippen molar-refractivity contribution >= 4 is 49.1 Å². The topological polar surface area (TPSA) is 103 Å². The molecule has 0 aliphatic carbocycles. The summed E-state index contributed by atoms with van der Waals surface area (Å²) in [5.41, 5.74) is 0.264. The van der Waals surface area contributed by atoms with Crippen LogP contribution in [0.2, 0.25) is 0 Å². The molecule has 8 nitrogen and oxygen atoms in total. The molecule has 10 heteroatoms. The Labute approximate surface area is 169 Å². The zero-order valence-corrected chi connectivity index (χ0v) is 17.8. The average Bonchev–Trinajstić information content (AvgIpc) is 2.59. The first-order valence-corrected chi connectivity index (χ1v) is 10.1. The van der Waals surface area contributed by atoms with Crippen LogP contribution < -0.4 is 10.2 Å². The molecule has 0 unspecified atom stereocenters. The molecule has 1 rings (SSSR count). The number of nitro benzene ring substituents is 1. The molecular weight excluding hydrogens is 470 g/mol. The van der Waals surface area contributed by atoms with Crippen molar-refractivity contribution in [3.05, 3.63) is 33.4 Å². The maximum Gasteiger partial charge on any atom is 0.283 e. The maximum atomic E-state index is 12.5. The monoisotopic (exact) mass is 489 g/mol. The van der Waals surface area contributed by atoms with Gasteiger partial charge in [-0.05, 0) is 20.2 Å². The molecule has 0 aliphatic heterocycles. The van der Waals surface area contributed by atoms with E-state index < -0.39 is 10.8 Å². The minimum atomic E-state index is -0.634. The quantitative estimate of drug-likeness (QED) is 0.307. The van der Waals surface area contributed by atoms with Gasteiger partial charge in [-0.15, -0.1) is 0 Å². The Hall–Kier alpha value is -1.70. The summed E-state index contributed by atoms with van der Waals surface area (Å²) in [6, 6.07) is 4.61. The molecule has 1 aromatic rings. The van der Waals surface area contributed by atoms with Crippen LogP contribution in [0.4, 0.5) is 11.4 Å². The highest BCUT2D eigenvalue weighted by Gasteiger charge is 2.25. The van der Waals surface area contributed by atoms with Gasteiger partial charge in [0.1, 0.15) is 11.6 Å². The number of benzene rings is 1. The van der Waals surface area contributed by atoms with Crippen molar-refractivity contribution in [2.24, 2.45) is 0 Å². The predicted octanol–water partition coefficient (Wildman–Crippen LogP) is 2.35. The first kappa shape index (κ1) is 22.3. The van der Waals surface area contributed by atoms with Gasteiger partial charge in [-0.1, -0.05) is 31.9 Å². The van der Waals surface area contributed by atoms with Crippen LogP contribution in [-0.2, 0) is 0 Å². The first-order chi connectivity index (χ1) is 12.3. The Bertz CT molecular complexity index is 685. The molecule has 1 amide bonds. The zero-order valence-electron chi connectivity index (χ0n) is 14.7. The van der Waals surface area contributed by atoms with Gasteiger partial charge in [0.25, 0.3) is 11.6 Å². The average molecular weight is 491 g/mol. The predicted molar refractivity (Wildman–Crippen MR) is 108 cm³/mol. The molecule has 1 N–H and O–H groups in total. The van der Waals surface area contributed by atoms with Crippen molar-refractivity contribution in [2.45, 2.75) is 0 Å². The van der Waals surface area contributed by atoms with E-state index in [1.165, 1.54) is 12.1 Å². The number of nitrogens with one attached hydrogen (secondary N) is 1. The fourth-order valence-corrected chi connectivity index (χ4v) is 3.16. The molecule has 0 saturated carbocycles. The van der Waals surface area contributed by atoms with Crippen LogP contribution in [0.25, 0.3) is 0 Å². The summed E-state index contributed by atoms with van der Waals surface area (Å²) < 4.78 is 0. The number of likely N-dealkylation sites (N-methyl/N-ethyl adjacent to an activating group) is 1. The number of nitriles is 1. The molecule has 0 bridgehead atoms. The Morgan fingerprint density at radius 1 is 1.27 bits per heavy atom. The Morgan fingerprint density at radius 2 is 1.88 bits per heavy atom. The van der Waals surface area contributed by atoms with Crippen LogP contribution in [0.3, 0.4) is 0 Å². The highest BCUT2D eigenvalue weighted by atomic mass is 79.9. The van der Waals surface area contributed by atoms with Gasteiger partial charge in [0.2, 0.25) is 0 Å². The molecule has 0 radical (unpaired) electrons. The third-order valence-corrected chi connectivity index (χ3v) is 4.28. The number of hydrogen-bond donors (Lipinski definition) is 1. The SMILES string of the molecule is CN(C)CCNC(=O)c1cc(N(CCBr)CCBr)c(C#N)cc1[N+](=O)[O-]. The lowest BCUT2D eigenvalue weighted by atomic mass is 10.1. The smallest absolute Gasteiger partial charge is 0.283 e. The number of rotatable bonds is 10. The van der Waals surface area contributed by atoms with Crippen molar-refractivity contribution in [1.82, 2.24) is 10.2 Å². The number of carbonyl (C=O) groups is 1. The van der Waals surface area contributed by atoms with Gasteiger partial charge in [-0.2, -0.15) is 5.26 Å². The van der Waals surface area contributed by atoms with E-state index >= 15 is 0 Å². The molecule has 0 fully saturated rings. The van der Waals surface area contributed by atoms with Crippen LogP contribution in [0.1, 0.15) is 15.9 Å². The van der Waals surface area contributed by atoms with Gasteiger partial charge >= 0.3 is 0 Å². The van der Waals surface area contributed by atoms with E-state index in [1.807, 2.05) is 30.0 Å². The number of halogens is 2. The van der Waals surface area contributed by atoms with Crippen molar-refractivity contribution in [2.75, 3.05) is 55.8 Å². The van der Waals surface area contributed by atoms with Crippen molar-refractivity contribution in [3.63, 3.8) is 0 Å². The summed E-state index contributed by atoms with van der Waals surface area (Å²) in [5, 5.41) is 24.8.